The number of nitrogens with zero attached hydrogens (tertiary/aromatic N) is 1. The van der Waals surface area contributed by atoms with Crippen molar-refractivity contribution in [2.24, 2.45) is 5.92 Å². The normalized spacial score (nSPS) is 21.1. The second kappa shape index (κ2) is 7.55. The number of likely N-dealkylation sites (tertiary alicyclic amines) is 1. The van der Waals surface area contributed by atoms with Gasteiger partial charge in [0.1, 0.15) is 0 Å². The lowest BCUT2D eigenvalue weighted by atomic mass is 9.94. The topological polar surface area (TPSA) is 15.3 Å². The molecule has 1 aliphatic heterocycles. The number of hydrogen-bond acceptors (Lipinski definition) is 2. The highest BCUT2D eigenvalue weighted by molar-refractivity contribution is 5.14. The number of piperidine rings is 1. The molecule has 1 heterocycles. The van der Waals surface area contributed by atoms with Gasteiger partial charge in [0.15, 0.2) is 0 Å². The van der Waals surface area contributed by atoms with Crippen LogP contribution in [-0.2, 0) is 6.54 Å². The van der Waals surface area contributed by atoms with Crippen LogP contribution >= 0.6 is 0 Å². The van der Waals surface area contributed by atoms with Crippen LogP contribution in [0.3, 0.4) is 0 Å². The standard InChI is InChI=1S/C16H26N2/c1-2-17-11-10-16-9-6-12-18(14-16)13-15-7-4-3-5-8-15/h3-5,7-8,16-17H,2,6,9-14H2,1H3/t16-/m0/s1. The van der Waals surface area contributed by atoms with Crippen molar-refractivity contribution in [2.45, 2.75) is 32.7 Å². The van der Waals surface area contributed by atoms with Crippen LogP contribution in [0.5, 0.6) is 0 Å². The summed E-state index contributed by atoms with van der Waals surface area (Å²) in [6.07, 6.45) is 4.11. The van der Waals surface area contributed by atoms with E-state index in [1.807, 2.05) is 0 Å². The zero-order valence-corrected chi connectivity index (χ0v) is 11.6. The lowest BCUT2D eigenvalue weighted by molar-refractivity contribution is 0.161. The number of hydrogen-bond donors (Lipinski definition) is 1. The molecule has 1 aliphatic rings. The molecule has 1 N–H and O–H groups in total. The molecule has 0 aliphatic carbocycles. The predicted molar refractivity (Wildman–Crippen MR) is 77.6 cm³/mol. The van der Waals surface area contributed by atoms with Gasteiger partial charge in [-0.05, 0) is 50.4 Å². The molecule has 100 valence electrons. The Labute approximate surface area is 111 Å². The molecule has 0 spiro atoms. The van der Waals surface area contributed by atoms with Crippen molar-refractivity contribution in [3.63, 3.8) is 0 Å². The van der Waals surface area contributed by atoms with Crippen molar-refractivity contribution in [2.75, 3.05) is 26.2 Å². The molecule has 0 aromatic heterocycles. The summed E-state index contributed by atoms with van der Waals surface area (Å²) >= 11 is 0. The van der Waals surface area contributed by atoms with Crippen molar-refractivity contribution in [1.82, 2.24) is 10.2 Å². The summed E-state index contributed by atoms with van der Waals surface area (Å²) in [5, 5.41) is 3.44. The number of benzene rings is 1. The van der Waals surface area contributed by atoms with Crippen LogP contribution in [0.1, 0.15) is 31.7 Å². The maximum Gasteiger partial charge on any atom is 0.0233 e. The van der Waals surface area contributed by atoms with Gasteiger partial charge in [0, 0.05) is 13.1 Å². The summed E-state index contributed by atoms with van der Waals surface area (Å²) in [6, 6.07) is 10.9. The van der Waals surface area contributed by atoms with Gasteiger partial charge >= 0.3 is 0 Å². The first kappa shape index (κ1) is 13.6. The van der Waals surface area contributed by atoms with E-state index in [0.717, 1.165) is 19.0 Å². The third-order valence-electron chi connectivity index (χ3n) is 3.83. The zero-order valence-electron chi connectivity index (χ0n) is 11.6. The van der Waals surface area contributed by atoms with E-state index in [2.05, 4.69) is 47.5 Å². The van der Waals surface area contributed by atoms with E-state index in [9.17, 15) is 0 Å². The van der Waals surface area contributed by atoms with Gasteiger partial charge in [0.05, 0.1) is 0 Å². The van der Waals surface area contributed by atoms with Gasteiger partial charge < -0.3 is 5.32 Å². The Hall–Kier alpha value is -0.860. The third kappa shape index (κ3) is 4.43. The summed E-state index contributed by atoms with van der Waals surface area (Å²) in [7, 11) is 0. The van der Waals surface area contributed by atoms with Gasteiger partial charge in [-0.1, -0.05) is 37.3 Å². The lowest BCUT2D eigenvalue weighted by Gasteiger charge is -2.32. The SMILES string of the molecule is CCNCC[C@@H]1CCCN(Cc2ccccc2)C1. The smallest absolute Gasteiger partial charge is 0.0233 e. The van der Waals surface area contributed by atoms with Crippen LogP contribution in [0.15, 0.2) is 30.3 Å². The van der Waals surface area contributed by atoms with E-state index in [4.69, 9.17) is 0 Å². The van der Waals surface area contributed by atoms with Crippen molar-refractivity contribution < 1.29 is 0 Å². The third-order valence-corrected chi connectivity index (χ3v) is 3.83. The number of nitrogens with one attached hydrogen (secondary N) is 1. The maximum atomic E-state index is 3.44. The van der Waals surface area contributed by atoms with Gasteiger partial charge in [-0.2, -0.15) is 0 Å². The fourth-order valence-corrected chi connectivity index (χ4v) is 2.86. The Balaban J connectivity index is 1.76. The minimum Gasteiger partial charge on any atom is -0.317 e. The van der Waals surface area contributed by atoms with Crippen LogP contribution in [0.4, 0.5) is 0 Å². The Morgan fingerprint density at radius 1 is 1.28 bits per heavy atom. The molecule has 1 aromatic carbocycles. The highest BCUT2D eigenvalue weighted by Crippen LogP contribution is 2.20. The summed E-state index contributed by atoms with van der Waals surface area (Å²) < 4.78 is 0. The number of rotatable bonds is 6. The molecule has 0 amide bonds. The zero-order chi connectivity index (χ0) is 12.6. The summed E-state index contributed by atoms with van der Waals surface area (Å²) in [5.74, 6) is 0.890. The maximum absolute atomic E-state index is 3.44. The second-order valence-corrected chi connectivity index (χ2v) is 5.37. The summed E-state index contributed by atoms with van der Waals surface area (Å²) in [6.45, 7) is 8.13. The van der Waals surface area contributed by atoms with Gasteiger partial charge in [-0.3, -0.25) is 4.90 Å². The second-order valence-electron chi connectivity index (χ2n) is 5.37. The molecule has 2 rings (SSSR count). The van der Waals surface area contributed by atoms with Crippen LogP contribution in [0.25, 0.3) is 0 Å². The molecule has 1 fully saturated rings. The van der Waals surface area contributed by atoms with Crippen molar-refractivity contribution >= 4 is 0 Å². The molecule has 1 saturated heterocycles. The molecule has 0 saturated carbocycles. The Kier molecular flexibility index (Phi) is 5.69. The Bertz CT molecular complexity index is 323. The molecule has 2 heteroatoms. The first-order chi connectivity index (χ1) is 8.88. The lowest BCUT2D eigenvalue weighted by Crippen LogP contribution is -2.36. The van der Waals surface area contributed by atoms with Crippen molar-refractivity contribution in [3.05, 3.63) is 35.9 Å². The molecule has 1 atom stereocenters. The average Bonchev–Trinajstić information content (AvgIpc) is 2.41. The van der Waals surface area contributed by atoms with E-state index in [0.29, 0.717) is 0 Å². The molecular weight excluding hydrogens is 220 g/mol. The minimum absolute atomic E-state index is 0.890. The molecule has 0 unspecified atom stereocenters. The van der Waals surface area contributed by atoms with Crippen LogP contribution < -0.4 is 5.32 Å². The largest absolute Gasteiger partial charge is 0.317 e. The van der Waals surface area contributed by atoms with E-state index < -0.39 is 0 Å². The monoisotopic (exact) mass is 246 g/mol. The first-order valence-electron chi connectivity index (χ1n) is 7.35. The van der Waals surface area contributed by atoms with Crippen LogP contribution in [0, 0.1) is 5.92 Å². The molecule has 0 radical (unpaired) electrons. The van der Waals surface area contributed by atoms with Gasteiger partial charge in [-0.25, -0.2) is 0 Å². The Morgan fingerprint density at radius 3 is 2.89 bits per heavy atom. The molecule has 2 nitrogen and oxygen atoms in total. The van der Waals surface area contributed by atoms with Gasteiger partial charge in [0.2, 0.25) is 0 Å². The van der Waals surface area contributed by atoms with E-state index in [1.54, 1.807) is 0 Å². The highest BCUT2D eigenvalue weighted by Gasteiger charge is 2.19. The molecule has 1 aromatic rings. The fraction of sp³-hybridized carbons (Fsp3) is 0.625. The van der Waals surface area contributed by atoms with Gasteiger partial charge in [-0.15, -0.1) is 0 Å². The van der Waals surface area contributed by atoms with Gasteiger partial charge in [0.25, 0.3) is 0 Å². The Morgan fingerprint density at radius 2 is 2.11 bits per heavy atom. The highest BCUT2D eigenvalue weighted by atomic mass is 15.1. The molecule has 0 bridgehead atoms. The summed E-state index contributed by atoms with van der Waals surface area (Å²) in [4.78, 5) is 2.62. The van der Waals surface area contributed by atoms with E-state index in [1.165, 1.54) is 44.5 Å². The van der Waals surface area contributed by atoms with Crippen molar-refractivity contribution in [3.8, 4) is 0 Å². The average molecular weight is 246 g/mol. The quantitative estimate of drug-likeness (QED) is 0.776. The molecular formula is C16H26N2. The minimum atomic E-state index is 0.890. The van der Waals surface area contributed by atoms with Crippen molar-refractivity contribution in [1.29, 1.82) is 0 Å². The predicted octanol–water partition coefficient (Wildman–Crippen LogP) is 2.90. The summed E-state index contributed by atoms with van der Waals surface area (Å²) in [5.41, 5.74) is 1.45. The van der Waals surface area contributed by atoms with Crippen LogP contribution in [-0.4, -0.2) is 31.1 Å². The molecule has 18 heavy (non-hydrogen) atoms. The fourth-order valence-electron chi connectivity index (χ4n) is 2.86. The van der Waals surface area contributed by atoms with E-state index >= 15 is 0 Å². The first-order valence-corrected chi connectivity index (χ1v) is 7.35. The van der Waals surface area contributed by atoms with Crippen LogP contribution in [0.2, 0.25) is 0 Å². The van der Waals surface area contributed by atoms with E-state index in [-0.39, 0.29) is 0 Å².